The van der Waals surface area contributed by atoms with Crippen LogP contribution in [0.25, 0.3) is 0 Å². The normalized spacial score (nSPS) is 9.80. The fourth-order valence-corrected chi connectivity index (χ4v) is 1.90. The number of carboxylic acid groups (broad SMARTS) is 1. The first-order valence-corrected chi connectivity index (χ1v) is 6.06. The average molecular weight is 267 g/mol. The van der Waals surface area contributed by atoms with E-state index in [1.807, 2.05) is 6.07 Å². The van der Waals surface area contributed by atoms with Gasteiger partial charge in [0.15, 0.2) is 0 Å². The maximum Gasteiger partial charge on any atom is 0.339 e. The lowest BCUT2D eigenvalue weighted by Gasteiger charge is -2.12. The van der Waals surface area contributed by atoms with Gasteiger partial charge in [0.1, 0.15) is 17.9 Å². The average Bonchev–Trinajstić information content (AvgIpc) is 2.45. The molecule has 2 aromatic carbocycles. The highest BCUT2D eigenvalue weighted by Crippen LogP contribution is 2.24. The van der Waals surface area contributed by atoms with E-state index in [-0.39, 0.29) is 12.2 Å². The smallest absolute Gasteiger partial charge is 0.339 e. The lowest BCUT2D eigenvalue weighted by molar-refractivity contribution is 0.0691. The van der Waals surface area contributed by atoms with Gasteiger partial charge in [0, 0.05) is 0 Å². The van der Waals surface area contributed by atoms with Crippen molar-refractivity contribution >= 4 is 5.97 Å². The Morgan fingerprint density at radius 2 is 2.05 bits per heavy atom. The minimum absolute atomic E-state index is 0.140. The quantitative estimate of drug-likeness (QED) is 0.923. The molecule has 4 nitrogen and oxygen atoms in total. The van der Waals surface area contributed by atoms with E-state index in [4.69, 9.17) is 15.1 Å². The van der Waals surface area contributed by atoms with Crippen molar-refractivity contribution < 1.29 is 14.6 Å². The number of carbonyl (C=O) groups is 1. The van der Waals surface area contributed by atoms with E-state index in [0.717, 1.165) is 11.1 Å². The van der Waals surface area contributed by atoms with Gasteiger partial charge in [-0.25, -0.2) is 4.79 Å². The molecule has 0 fully saturated rings. The van der Waals surface area contributed by atoms with E-state index in [1.54, 1.807) is 37.3 Å². The Balaban J connectivity index is 2.23. The first-order chi connectivity index (χ1) is 9.61. The summed E-state index contributed by atoms with van der Waals surface area (Å²) in [6, 6.07) is 14.1. The zero-order chi connectivity index (χ0) is 14.5. The summed E-state index contributed by atoms with van der Waals surface area (Å²) < 4.78 is 5.62. The van der Waals surface area contributed by atoms with Crippen molar-refractivity contribution in [2.45, 2.75) is 13.5 Å². The molecule has 0 spiro atoms. The van der Waals surface area contributed by atoms with Gasteiger partial charge in [0.05, 0.1) is 11.6 Å². The van der Waals surface area contributed by atoms with E-state index in [0.29, 0.717) is 11.3 Å². The van der Waals surface area contributed by atoms with Crippen molar-refractivity contribution in [3.63, 3.8) is 0 Å². The van der Waals surface area contributed by atoms with Crippen LogP contribution in [-0.4, -0.2) is 11.1 Å². The van der Waals surface area contributed by atoms with Crippen LogP contribution in [0.5, 0.6) is 5.75 Å². The largest absolute Gasteiger partial charge is 0.488 e. The molecule has 4 heteroatoms. The first kappa shape index (κ1) is 13.6. The van der Waals surface area contributed by atoms with E-state index in [9.17, 15) is 4.79 Å². The third-order valence-electron chi connectivity index (χ3n) is 2.88. The fraction of sp³-hybridized carbons (Fsp3) is 0.125. The zero-order valence-electron chi connectivity index (χ0n) is 11.0. The van der Waals surface area contributed by atoms with Gasteiger partial charge >= 0.3 is 5.97 Å². The Morgan fingerprint density at radius 3 is 2.75 bits per heavy atom. The second-order valence-corrected chi connectivity index (χ2v) is 4.36. The van der Waals surface area contributed by atoms with Gasteiger partial charge in [-0.2, -0.15) is 5.26 Å². The summed E-state index contributed by atoms with van der Waals surface area (Å²) in [6.07, 6.45) is 0. The number of carboxylic acids is 1. The second-order valence-electron chi connectivity index (χ2n) is 4.36. The molecule has 0 bridgehead atoms. The molecule has 0 saturated carbocycles. The Hall–Kier alpha value is -2.80. The summed E-state index contributed by atoms with van der Waals surface area (Å²) in [5, 5.41) is 18.0. The van der Waals surface area contributed by atoms with E-state index in [2.05, 4.69) is 6.07 Å². The molecule has 0 unspecified atom stereocenters. The van der Waals surface area contributed by atoms with Crippen LogP contribution in [0.15, 0.2) is 42.5 Å². The van der Waals surface area contributed by atoms with Gasteiger partial charge in [-0.1, -0.05) is 24.3 Å². The molecule has 2 aromatic rings. The van der Waals surface area contributed by atoms with E-state index in [1.165, 1.54) is 6.07 Å². The van der Waals surface area contributed by atoms with Gasteiger partial charge in [-0.3, -0.25) is 0 Å². The lowest BCUT2D eigenvalue weighted by atomic mass is 10.1. The molecule has 0 radical (unpaired) electrons. The third-order valence-corrected chi connectivity index (χ3v) is 2.88. The van der Waals surface area contributed by atoms with E-state index >= 15 is 0 Å². The second kappa shape index (κ2) is 5.89. The van der Waals surface area contributed by atoms with Crippen LogP contribution >= 0.6 is 0 Å². The van der Waals surface area contributed by atoms with Gasteiger partial charge in [0.2, 0.25) is 0 Å². The standard InChI is InChI=1S/C16H13NO3/c1-11-4-2-7-14(16(18)19)15(11)20-10-13-6-3-5-12(8-13)9-17/h2-8H,10H2,1H3,(H,18,19). The summed E-state index contributed by atoms with van der Waals surface area (Å²) in [7, 11) is 0. The molecule has 0 aromatic heterocycles. The Labute approximate surface area is 116 Å². The molecular weight excluding hydrogens is 254 g/mol. The van der Waals surface area contributed by atoms with Crippen LogP contribution in [0, 0.1) is 18.3 Å². The molecule has 0 saturated heterocycles. The molecule has 0 aliphatic heterocycles. The van der Waals surface area contributed by atoms with Crippen LogP contribution in [0.2, 0.25) is 0 Å². The Kier molecular flexibility index (Phi) is 4.02. The molecular formula is C16H13NO3. The van der Waals surface area contributed by atoms with Crippen molar-refractivity contribution in [2.24, 2.45) is 0 Å². The molecule has 0 aliphatic rings. The van der Waals surface area contributed by atoms with Crippen molar-refractivity contribution in [2.75, 3.05) is 0 Å². The van der Waals surface area contributed by atoms with Crippen LogP contribution < -0.4 is 4.74 Å². The molecule has 2 rings (SSSR count). The van der Waals surface area contributed by atoms with Crippen molar-refractivity contribution in [1.29, 1.82) is 5.26 Å². The minimum Gasteiger partial charge on any atom is -0.488 e. The maximum atomic E-state index is 11.2. The SMILES string of the molecule is Cc1cccc(C(=O)O)c1OCc1cccc(C#N)c1. The summed E-state index contributed by atoms with van der Waals surface area (Å²) in [5.74, 6) is -0.656. The van der Waals surface area contributed by atoms with Gasteiger partial charge in [-0.05, 0) is 36.2 Å². The highest BCUT2D eigenvalue weighted by Gasteiger charge is 2.13. The number of benzene rings is 2. The summed E-state index contributed by atoms with van der Waals surface area (Å²) in [4.78, 5) is 11.2. The Morgan fingerprint density at radius 1 is 1.30 bits per heavy atom. The predicted octanol–water partition coefficient (Wildman–Crippen LogP) is 3.14. The van der Waals surface area contributed by atoms with E-state index < -0.39 is 5.97 Å². The molecule has 100 valence electrons. The van der Waals surface area contributed by atoms with Gasteiger partial charge < -0.3 is 9.84 Å². The van der Waals surface area contributed by atoms with Crippen molar-refractivity contribution in [3.8, 4) is 11.8 Å². The summed E-state index contributed by atoms with van der Waals surface area (Å²) >= 11 is 0. The summed E-state index contributed by atoms with van der Waals surface area (Å²) in [6.45, 7) is 2.02. The molecule has 1 N–H and O–H groups in total. The number of hydrogen-bond acceptors (Lipinski definition) is 3. The highest BCUT2D eigenvalue weighted by molar-refractivity contribution is 5.91. The van der Waals surface area contributed by atoms with Crippen LogP contribution in [0.1, 0.15) is 27.0 Å². The number of aryl methyl sites for hydroxylation is 1. The monoisotopic (exact) mass is 267 g/mol. The molecule has 0 aliphatic carbocycles. The molecule has 0 atom stereocenters. The fourth-order valence-electron chi connectivity index (χ4n) is 1.90. The number of rotatable bonds is 4. The number of aromatic carboxylic acids is 1. The predicted molar refractivity (Wildman–Crippen MR) is 73.6 cm³/mol. The summed E-state index contributed by atoms with van der Waals surface area (Å²) in [5.41, 5.74) is 2.28. The van der Waals surface area contributed by atoms with Crippen LogP contribution in [0.4, 0.5) is 0 Å². The number of nitriles is 1. The van der Waals surface area contributed by atoms with Gasteiger partial charge in [0.25, 0.3) is 0 Å². The zero-order valence-corrected chi connectivity index (χ0v) is 11.0. The first-order valence-electron chi connectivity index (χ1n) is 6.06. The van der Waals surface area contributed by atoms with Crippen LogP contribution in [-0.2, 0) is 6.61 Å². The van der Waals surface area contributed by atoms with Crippen molar-refractivity contribution in [3.05, 3.63) is 64.7 Å². The number of nitrogens with zero attached hydrogens (tertiary/aromatic N) is 1. The Bertz CT molecular complexity index is 686. The number of para-hydroxylation sites is 1. The number of ether oxygens (including phenoxy) is 1. The minimum atomic E-state index is -1.02. The topological polar surface area (TPSA) is 70.3 Å². The molecule has 0 amide bonds. The molecule has 20 heavy (non-hydrogen) atoms. The van der Waals surface area contributed by atoms with Gasteiger partial charge in [-0.15, -0.1) is 0 Å². The molecule has 0 heterocycles. The van der Waals surface area contributed by atoms with Crippen LogP contribution in [0.3, 0.4) is 0 Å². The number of hydrogen-bond donors (Lipinski definition) is 1. The maximum absolute atomic E-state index is 11.2. The van der Waals surface area contributed by atoms with Crippen molar-refractivity contribution in [1.82, 2.24) is 0 Å². The third kappa shape index (κ3) is 2.96. The lowest BCUT2D eigenvalue weighted by Crippen LogP contribution is -2.05. The highest BCUT2D eigenvalue weighted by atomic mass is 16.5.